The van der Waals surface area contributed by atoms with Crippen LogP contribution in [0.5, 0.6) is 0 Å². The summed E-state index contributed by atoms with van der Waals surface area (Å²) < 4.78 is 21.8. The third kappa shape index (κ3) is 8.23. The Morgan fingerprint density at radius 1 is 0.960 bits per heavy atom. The third-order valence-electron chi connectivity index (χ3n) is 3.88. The zero-order valence-corrected chi connectivity index (χ0v) is 15.7. The molecule has 0 fully saturated rings. The highest BCUT2D eigenvalue weighted by Gasteiger charge is 1.99. The van der Waals surface area contributed by atoms with E-state index in [0.29, 0.717) is 6.61 Å². The maximum absolute atomic E-state index is 12.0. The Balaban J connectivity index is 1.47. The van der Waals surface area contributed by atoms with Crippen LogP contribution in [0.25, 0.3) is 0 Å². The molecule has 0 aromatic heterocycles. The van der Waals surface area contributed by atoms with Gasteiger partial charge in [0.25, 0.3) is 0 Å². The van der Waals surface area contributed by atoms with Gasteiger partial charge in [-0.25, -0.2) is 4.21 Å². The average Bonchev–Trinajstić information content (AvgIpc) is 2.64. The molecular formula is C21H27NO2S. The normalized spacial score (nSPS) is 12.5. The summed E-state index contributed by atoms with van der Waals surface area (Å²) in [6, 6.07) is 17.9. The second kappa shape index (κ2) is 11.7. The van der Waals surface area contributed by atoms with Gasteiger partial charge in [-0.15, -0.1) is 0 Å². The molecule has 0 unspecified atom stereocenters. The van der Waals surface area contributed by atoms with E-state index in [9.17, 15) is 4.21 Å². The predicted octanol–water partition coefficient (Wildman–Crippen LogP) is 5.26. The van der Waals surface area contributed by atoms with E-state index >= 15 is 0 Å². The Hall–Kier alpha value is -1.78. The first-order chi connectivity index (χ1) is 12.3. The fraction of sp³-hybridized carbons (Fsp3) is 0.381. The smallest absolute Gasteiger partial charge is 0.172 e. The molecule has 2 aromatic rings. The lowest BCUT2D eigenvalue weighted by molar-refractivity contribution is 0.117. The molecule has 0 saturated carbocycles. The second-order valence-electron chi connectivity index (χ2n) is 6.09. The van der Waals surface area contributed by atoms with Crippen molar-refractivity contribution < 1.29 is 8.95 Å². The van der Waals surface area contributed by atoms with Gasteiger partial charge >= 0.3 is 0 Å². The summed E-state index contributed by atoms with van der Waals surface area (Å²) in [5.41, 5.74) is 2.39. The van der Waals surface area contributed by atoms with Gasteiger partial charge in [0.15, 0.2) is 11.0 Å². The minimum absolute atomic E-state index is 0.693. The van der Waals surface area contributed by atoms with Crippen LogP contribution in [0, 0.1) is 6.92 Å². The summed E-state index contributed by atoms with van der Waals surface area (Å²) >= 11 is 0. The SMILES string of the molecule is Cc1ccc([S@@](=O)/N=C/CCCCCCOCc2ccccc2)cc1. The Morgan fingerprint density at radius 3 is 2.44 bits per heavy atom. The molecule has 25 heavy (non-hydrogen) atoms. The van der Waals surface area contributed by atoms with Gasteiger partial charge in [-0.05, 0) is 43.9 Å². The minimum atomic E-state index is -1.27. The highest BCUT2D eigenvalue weighted by molar-refractivity contribution is 7.83. The lowest BCUT2D eigenvalue weighted by atomic mass is 10.1. The number of benzene rings is 2. The van der Waals surface area contributed by atoms with Gasteiger partial charge in [0.1, 0.15) is 0 Å². The fourth-order valence-electron chi connectivity index (χ4n) is 2.39. The molecule has 0 saturated heterocycles. The lowest BCUT2D eigenvalue weighted by Crippen LogP contribution is -1.95. The van der Waals surface area contributed by atoms with Crippen LogP contribution in [0.2, 0.25) is 0 Å². The number of ether oxygens (including phenoxy) is 1. The molecule has 0 aliphatic heterocycles. The largest absolute Gasteiger partial charge is 0.377 e. The number of nitrogens with zero attached hydrogens (tertiary/aromatic N) is 1. The maximum atomic E-state index is 12.0. The van der Waals surface area contributed by atoms with Crippen molar-refractivity contribution in [2.45, 2.75) is 50.5 Å². The summed E-state index contributed by atoms with van der Waals surface area (Å²) in [6.45, 7) is 3.52. The molecule has 0 heterocycles. The highest BCUT2D eigenvalue weighted by Crippen LogP contribution is 2.09. The van der Waals surface area contributed by atoms with Crippen molar-refractivity contribution in [1.29, 1.82) is 0 Å². The summed E-state index contributed by atoms with van der Waals surface area (Å²) in [5.74, 6) is 0. The van der Waals surface area contributed by atoms with E-state index in [4.69, 9.17) is 4.74 Å². The first kappa shape index (κ1) is 19.5. The zero-order chi connectivity index (χ0) is 17.7. The number of rotatable bonds is 11. The highest BCUT2D eigenvalue weighted by atomic mass is 32.2. The topological polar surface area (TPSA) is 38.7 Å². The van der Waals surface area contributed by atoms with Gasteiger partial charge in [-0.1, -0.05) is 60.9 Å². The Morgan fingerprint density at radius 2 is 1.68 bits per heavy atom. The van der Waals surface area contributed by atoms with Crippen LogP contribution in [0.4, 0.5) is 0 Å². The molecule has 4 heteroatoms. The van der Waals surface area contributed by atoms with E-state index in [2.05, 4.69) is 16.5 Å². The van der Waals surface area contributed by atoms with E-state index < -0.39 is 11.0 Å². The number of hydrogen-bond acceptors (Lipinski definition) is 2. The van der Waals surface area contributed by atoms with Crippen molar-refractivity contribution in [3.8, 4) is 0 Å². The third-order valence-corrected chi connectivity index (χ3v) is 4.89. The molecule has 0 N–H and O–H groups in total. The van der Waals surface area contributed by atoms with Gasteiger partial charge in [-0.3, -0.25) is 0 Å². The van der Waals surface area contributed by atoms with Crippen molar-refractivity contribution in [2.24, 2.45) is 4.40 Å². The Labute approximate surface area is 153 Å². The first-order valence-electron chi connectivity index (χ1n) is 8.88. The molecule has 0 aliphatic rings. The Kier molecular flexibility index (Phi) is 9.16. The van der Waals surface area contributed by atoms with Gasteiger partial charge in [0.05, 0.1) is 11.5 Å². The lowest BCUT2D eigenvalue weighted by Gasteiger charge is -2.04. The van der Waals surface area contributed by atoms with Crippen LogP contribution >= 0.6 is 0 Å². The van der Waals surface area contributed by atoms with E-state index in [1.165, 1.54) is 5.56 Å². The predicted molar refractivity (Wildman–Crippen MR) is 105 cm³/mol. The molecular weight excluding hydrogens is 330 g/mol. The van der Waals surface area contributed by atoms with Crippen molar-refractivity contribution in [2.75, 3.05) is 6.61 Å². The van der Waals surface area contributed by atoms with Crippen LogP contribution in [0.1, 0.15) is 43.2 Å². The van der Waals surface area contributed by atoms with E-state index in [-0.39, 0.29) is 0 Å². The van der Waals surface area contributed by atoms with Crippen LogP contribution in [-0.2, 0) is 22.3 Å². The summed E-state index contributed by atoms with van der Waals surface area (Å²) in [4.78, 5) is 0.761. The number of hydrogen-bond donors (Lipinski definition) is 0. The van der Waals surface area contributed by atoms with Crippen molar-refractivity contribution in [3.05, 3.63) is 65.7 Å². The van der Waals surface area contributed by atoms with Crippen molar-refractivity contribution in [3.63, 3.8) is 0 Å². The summed E-state index contributed by atoms with van der Waals surface area (Å²) in [7, 11) is -1.27. The molecule has 0 aliphatic carbocycles. The average molecular weight is 358 g/mol. The fourth-order valence-corrected chi connectivity index (χ4v) is 3.12. The molecule has 2 aromatic carbocycles. The van der Waals surface area contributed by atoms with Crippen molar-refractivity contribution >= 4 is 17.2 Å². The van der Waals surface area contributed by atoms with E-state index in [0.717, 1.165) is 49.2 Å². The van der Waals surface area contributed by atoms with Crippen molar-refractivity contribution in [1.82, 2.24) is 0 Å². The second-order valence-corrected chi connectivity index (χ2v) is 7.27. The first-order valence-corrected chi connectivity index (χ1v) is 9.99. The van der Waals surface area contributed by atoms with E-state index in [1.807, 2.05) is 49.4 Å². The number of aryl methyl sites for hydroxylation is 1. The molecule has 134 valence electrons. The Bertz CT molecular complexity index is 653. The molecule has 0 bridgehead atoms. The van der Waals surface area contributed by atoms with Gasteiger partial charge in [0, 0.05) is 12.8 Å². The zero-order valence-electron chi connectivity index (χ0n) is 14.9. The minimum Gasteiger partial charge on any atom is -0.377 e. The van der Waals surface area contributed by atoms with Crippen LogP contribution in [0.15, 0.2) is 63.9 Å². The molecule has 2 rings (SSSR count). The number of unbranched alkanes of at least 4 members (excludes halogenated alkanes) is 4. The maximum Gasteiger partial charge on any atom is 0.172 e. The van der Waals surface area contributed by atoms with Gasteiger partial charge < -0.3 is 4.74 Å². The molecule has 0 amide bonds. The molecule has 3 nitrogen and oxygen atoms in total. The molecule has 0 spiro atoms. The van der Waals surface area contributed by atoms with Crippen LogP contribution < -0.4 is 0 Å². The summed E-state index contributed by atoms with van der Waals surface area (Å²) in [6.07, 6.45) is 7.14. The standard InChI is InChI=1S/C21H27NO2S/c1-19-12-14-21(15-13-19)25(23)22-16-8-3-2-4-9-17-24-18-20-10-6-5-7-11-20/h5-7,10-16H,2-4,8-9,17-18H2,1H3/b22-16+/t25-/m1/s1. The van der Waals surface area contributed by atoms with Crippen LogP contribution in [0.3, 0.4) is 0 Å². The quantitative estimate of drug-likeness (QED) is 0.407. The summed E-state index contributed by atoms with van der Waals surface area (Å²) in [5, 5.41) is 0. The monoisotopic (exact) mass is 357 g/mol. The van der Waals surface area contributed by atoms with E-state index in [1.54, 1.807) is 6.21 Å². The van der Waals surface area contributed by atoms with Gasteiger partial charge in [0.2, 0.25) is 0 Å². The molecule has 0 radical (unpaired) electrons. The molecule has 1 atom stereocenters. The van der Waals surface area contributed by atoms with Crippen LogP contribution in [-0.4, -0.2) is 17.0 Å². The van der Waals surface area contributed by atoms with Gasteiger partial charge in [-0.2, -0.15) is 4.40 Å².